The third kappa shape index (κ3) is 4.41. The largest absolute Gasteiger partial charge is 0.298 e. The molecule has 27 heavy (non-hydrogen) atoms. The summed E-state index contributed by atoms with van der Waals surface area (Å²) in [5.74, 6) is -0.875. The minimum atomic E-state index is -0.526. The standard InChI is InChI=1S/C21H19F2N3O/c1-14-8-18(10-25-21(14)23)15-5-6-16(19(22)9-15)11-26(2)12-20-17(13-27)4-3-7-24-20/h3-10,13H,11-12H2,1-2H3. The topological polar surface area (TPSA) is 46.1 Å². The Labute approximate surface area is 156 Å². The van der Waals surface area contributed by atoms with E-state index in [-0.39, 0.29) is 5.82 Å². The minimum Gasteiger partial charge on any atom is -0.298 e. The first-order chi connectivity index (χ1) is 13.0. The molecule has 0 bridgehead atoms. The van der Waals surface area contributed by atoms with E-state index >= 15 is 0 Å². The van der Waals surface area contributed by atoms with Crippen molar-refractivity contribution in [2.24, 2.45) is 0 Å². The van der Waals surface area contributed by atoms with Gasteiger partial charge in [0.2, 0.25) is 5.95 Å². The van der Waals surface area contributed by atoms with Crippen LogP contribution in [0.2, 0.25) is 0 Å². The SMILES string of the molecule is Cc1cc(-c2ccc(CN(C)Cc3ncccc3C=O)c(F)c2)cnc1F. The van der Waals surface area contributed by atoms with Gasteiger partial charge in [-0.25, -0.2) is 9.37 Å². The molecule has 0 aliphatic carbocycles. The van der Waals surface area contributed by atoms with Crippen LogP contribution < -0.4 is 0 Å². The third-order valence-electron chi connectivity index (χ3n) is 4.31. The Bertz CT molecular complexity index is 975. The molecule has 0 radical (unpaired) electrons. The Morgan fingerprint density at radius 1 is 1.07 bits per heavy atom. The second kappa shape index (κ2) is 8.14. The lowest BCUT2D eigenvalue weighted by Crippen LogP contribution is -2.19. The lowest BCUT2D eigenvalue weighted by molar-refractivity contribution is 0.112. The maximum absolute atomic E-state index is 14.6. The molecule has 138 valence electrons. The highest BCUT2D eigenvalue weighted by molar-refractivity contribution is 5.76. The first-order valence-electron chi connectivity index (χ1n) is 8.46. The molecule has 6 heteroatoms. The number of hydrogen-bond acceptors (Lipinski definition) is 4. The third-order valence-corrected chi connectivity index (χ3v) is 4.31. The summed E-state index contributed by atoms with van der Waals surface area (Å²) in [5.41, 5.74) is 3.42. The molecule has 0 fully saturated rings. The fourth-order valence-electron chi connectivity index (χ4n) is 2.86. The first kappa shape index (κ1) is 18.8. The number of rotatable bonds is 6. The number of aryl methyl sites for hydroxylation is 1. The van der Waals surface area contributed by atoms with Crippen molar-refractivity contribution in [3.05, 3.63) is 82.9 Å². The van der Waals surface area contributed by atoms with Crippen molar-refractivity contribution in [1.82, 2.24) is 14.9 Å². The molecule has 0 N–H and O–H groups in total. The van der Waals surface area contributed by atoms with Gasteiger partial charge in [0, 0.05) is 47.7 Å². The molecule has 3 aromatic rings. The van der Waals surface area contributed by atoms with E-state index in [0.29, 0.717) is 46.6 Å². The summed E-state index contributed by atoms with van der Waals surface area (Å²) in [4.78, 5) is 20.9. The number of carbonyl (C=O) groups is 1. The predicted octanol–water partition coefficient (Wildman–Crippen LogP) is 4.17. The second-order valence-electron chi connectivity index (χ2n) is 6.47. The van der Waals surface area contributed by atoms with Crippen LogP contribution in [0.25, 0.3) is 11.1 Å². The molecule has 0 spiro atoms. The zero-order chi connectivity index (χ0) is 19.4. The highest BCUT2D eigenvalue weighted by Gasteiger charge is 2.11. The molecular formula is C21H19F2N3O. The summed E-state index contributed by atoms with van der Waals surface area (Å²) in [7, 11) is 1.84. The molecule has 0 amide bonds. The van der Waals surface area contributed by atoms with Gasteiger partial charge in [-0.3, -0.25) is 14.7 Å². The van der Waals surface area contributed by atoms with E-state index in [0.717, 1.165) is 6.29 Å². The molecular weight excluding hydrogens is 348 g/mol. The van der Waals surface area contributed by atoms with E-state index < -0.39 is 5.95 Å². The van der Waals surface area contributed by atoms with Gasteiger partial charge in [0.15, 0.2) is 6.29 Å². The molecule has 0 aliphatic rings. The van der Waals surface area contributed by atoms with Gasteiger partial charge in [-0.05, 0) is 43.8 Å². The molecule has 0 aliphatic heterocycles. The first-order valence-corrected chi connectivity index (χ1v) is 8.46. The Balaban J connectivity index is 1.75. The van der Waals surface area contributed by atoms with E-state index in [2.05, 4.69) is 9.97 Å². The summed E-state index contributed by atoms with van der Waals surface area (Å²) in [6.45, 7) is 2.41. The van der Waals surface area contributed by atoms with Gasteiger partial charge in [0.1, 0.15) is 5.82 Å². The van der Waals surface area contributed by atoms with Crippen molar-refractivity contribution in [3.63, 3.8) is 0 Å². The van der Waals surface area contributed by atoms with Crippen LogP contribution in [-0.4, -0.2) is 28.2 Å². The van der Waals surface area contributed by atoms with Crippen LogP contribution in [0.5, 0.6) is 0 Å². The lowest BCUT2D eigenvalue weighted by Gasteiger charge is -2.18. The minimum absolute atomic E-state index is 0.349. The summed E-state index contributed by atoms with van der Waals surface area (Å²) in [6, 6.07) is 9.98. The molecule has 0 unspecified atom stereocenters. The number of carbonyl (C=O) groups excluding carboxylic acids is 1. The molecule has 0 atom stereocenters. The second-order valence-corrected chi connectivity index (χ2v) is 6.47. The molecule has 1 aromatic carbocycles. The number of pyridine rings is 2. The monoisotopic (exact) mass is 367 g/mol. The van der Waals surface area contributed by atoms with Crippen LogP contribution in [0.3, 0.4) is 0 Å². The van der Waals surface area contributed by atoms with Crippen molar-refractivity contribution >= 4 is 6.29 Å². The van der Waals surface area contributed by atoms with Crippen LogP contribution in [0.1, 0.15) is 27.2 Å². The Morgan fingerprint density at radius 3 is 2.59 bits per heavy atom. The molecule has 0 saturated carbocycles. The summed E-state index contributed by atoms with van der Waals surface area (Å²) in [6.07, 6.45) is 3.79. The molecule has 3 rings (SSSR count). The maximum Gasteiger partial charge on any atom is 0.215 e. The van der Waals surface area contributed by atoms with Gasteiger partial charge < -0.3 is 0 Å². The smallest absolute Gasteiger partial charge is 0.215 e. The van der Waals surface area contributed by atoms with E-state index in [1.165, 1.54) is 12.3 Å². The number of halogens is 2. The highest BCUT2D eigenvalue weighted by Crippen LogP contribution is 2.23. The summed E-state index contributed by atoms with van der Waals surface area (Å²) in [5, 5.41) is 0. The molecule has 4 nitrogen and oxygen atoms in total. The molecule has 2 heterocycles. The average Bonchev–Trinajstić information content (AvgIpc) is 2.66. The predicted molar refractivity (Wildman–Crippen MR) is 99.1 cm³/mol. The Hall–Kier alpha value is -2.99. The van der Waals surface area contributed by atoms with Crippen molar-refractivity contribution in [3.8, 4) is 11.1 Å². The number of benzene rings is 1. The normalized spacial score (nSPS) is 11.0. The number of hydrogen-bond donors (Lipinski definition) is 0. The van der Waals surface area contributed by atoms with Crippen LogP contribution in [0, 0.1) is 18.7 Å². The van der Waals surface area contributed by atoms with Crippen molar-refractivity contribution < 1.29 is 13.6 Å². The van der Waals surface area contributed by atoms with Crippen LogP contribution in [0.15, 0.2) is 48.8 Å². The molecule has 2 aromatic heterocycles. The Kier molecular flexibility index (Phi) is 5.66. The van der Waals surface area contributed by atoms with Crippen molar-refractivity contribution in [2.75, 3.05) is 7.05 Å². The summed E-state index contributed by atoms with van der Waals surface area (Å²) < 4.78 is 27.9. The number of aldehydes is 1. The quantitative estimate of drug-likeness (QED) is 0.484. The van der Waals surface area contributed by atoms with Crippen molar-refractivity contribution in [1.29, 1.82) is 0 Å². The van der Waals surface area contributed by atoms with Gasteiger partial charge in [0.25, 0.3) is 0 Å². The van der Waals surface area contributed by atoms with Crippen LogP contribution >= 0.6 is 0 Å². The van der Waals surface area contributed by atoms with Crippen LogP contribution in [0.4, 0.5) is 8.78 Å². The average molecular weight is 367 g/mol. The number of nitrogens with zero attached hydrogens (tertiary/aromatic N) is 3. The summed E-state index contributed by atoms with van der Waals surface area (Å²) >= 11 is 0. The maximum atomic E-state index is 14.6. The zero-order valence-electron chi connectivity index (χ0n) is 15.1. The van der Waals surface area contributed by atoms with Gasteiger partial charge in [-0.15, -0.1) is 0 Å². The Morgan fingerprint density at radius 2 is 1.89 bits per heavy atom. The molecule has 0 saturated heterocycles. The van der Waals surface area contributed by atoms with Gasteiger partial charge in [0.05, 0.1) is 5.69 Å². The van der Waals surface area contributed by atoms with Gasteiger partial charge >= 0.3 is 0 Å². The van der Waals surface area contributed by atoms with Crippen molar-refractivity contribution in [2.45, 2.75) is 20.0 Å². The van der Waals surface area contributed by atoms with E-state index in [9.17, 15) is 13.6 Å². The van der Waals surface area contributed by atoms with E-state index in [1.54, 1.807) is 43.5 Å². The van der Waals surface area contributed by atoms with Gasteiger partial charge in [-0.1, -0.05) is 12.1 Å². The van der Waals surface area contributed by atoms with Crippen LogP contribution in [-0.2, 0) is 13.1 Å². The fraction of sp³-hybridized carbons (Fsp3) is 0.190. The fourth-order valence-corrected chi connectivity index (χ4v) is 2.86. The lowest BCUT2D eigenvalue weighted by atomic mass is 10.0. The van der Waals surface area contributed by atoms with E-state index in [1.807, 2.05) is 11.9 Å². The highest BCUT2D eigenvalue weighted by atomic mass is 19.1. The zero-order valence-corrected chi connectivity index (χ0v) is 15.1. The number of aromatic nitrogens is 2. The van der Waals surface area contributed by atoms with E-state index in [4.69, 9.17) is 0 Å². The van der Waals surface area contributed by atoms with Gasteiger partial charge in [-0.2, -0.15) is 4.39 Å².